The van der Waals surface area contributed by atoms with Gasteiger partial charge in [-0.05, 0) is 50.6 Å². The highest BCUT2D eigenvalue weighted by Gasteiger charge is 2.13. The molecule has 108 valence electrons. The van der Waals surface area contributed by atoms with Crippen molar-refractivity contribution in [2.24, 2.45) is 0 Å². The third kappa shape index (κ3) is 2.89. The summed E-state index contributed by atoms with van der Waals surface area (Å²) >= 11 is 6.27. The van der Waals surface area contributed by atoms with Gasteiger partial charge in [0.15, 0.2) is 0 Å². The van der Waals surface area contributed by atoms with Gasteiger partial charge in [0.1, 0.15) is 0 Å². The molecule has 0 saturated heterocycles. The van der Waals surface area contributed by atoms with E-state index in [4.69, 9.17) is 11.6 Å². The average molecular weight is 292 g/mol. The molecule has 3 nitrogen and oxygen atoms in total. The number of hydrogen-bond donors (Lipinski definition) is 1. The smallest absolute Gasteiger partial charge is 0.0674 e. The van der Waals surface area contributed by atoms with Crippen molar-refractivity contribution >= 4 is 11.6 Å². The van der Waals surface area contributed by atoms with Gasteiger partial charge in [-0.15, -0.1) is 0 Å². The lowest BCUT2D eigenvalue weighted by Crippen LogP contribution is -2.12. The standard InChI is InChI=1S/C16H22ClN3/c1-5-18-10-14-9-13(7-8-15(14)17)16-11(3)19-20(6-2)12(16)4/h7-9,18H,5-6,10H2,1-4H3. The van der Waals surface area contributed by atoms with E-state index in [0.717, 1.165) is 35.9 Å². The summed E-state index contributed by atoms with van der Waals surface area (Å²) in [5.41, 5.74) is 5.83. The van der Waals surface area contributed by atoms with E-state index < -0.39 is 0 Å². The van der Waals surface area contributed by atoms with Gasteiger partial charge in [-0.1, -0.05) is 24.6 Å². The molecular formula is C16H22ClN3. The Kier molecular flexibility index (Phi) is 4.84. The third-order valence-corrected chi connectivity index (χ3v) is 3.95. The van der Waals surface area contributed by atoms with Gasteiger partial charge in [0.2, 0.25) is 0 Å². The van der Waals surface area contributed by atoms with E-state index in [9.17, 15) is 0 Å². The van der Waals surface area contributed by atoms with E-state index in [-0.39, 0.29) is 0 Å². The van der Waals surface area contributed by atoms with E-state index in [2.05, 4.69) is 50.2 Å². The molecule has 0 atom stereocenters. The first kappa shape index (κ1) is 15.1. The van der Waals surface area contributed by atoms with Crippen molar-refractivity contribution in [3.63, 3.8) is 0 Å². The largest absolute Gasteiger partial charge is 0.313 e. The van der Waals surface area contributed by atoms with Gasteiger partial charge >= 0.3 is 0 Å². The molecule has 0 fully saturated rings. The molecule has 0 radical (unpaired) electrons. The van der Waals surface area contributed by atoms with Gasteiger partial charge in [-0.3, -0.25) is 4.68 Å². The Morgan fingerprint density at radius 3 is 2.60 bits per heavy atom. The molecule has 1 N–H and O–H groups in total. The summed E-state index contributed by atoms with van der Waals surface area (Å²) in [5, 5.41) is 8.72. The zero-order valence-corrected chi connectivity index (χ0v) is 13.4. The highest BCUT2D eigenvalue weighted by molar-refractivity contribution is 6.31. The van der Waals surface area contributed by atoms with Crippen molar-refractivity contribution in [1.29, 1.82) is 0 Å². The van der Waals surface area contributed by atoms with Gasteiger partial charge in [-0.2, -0.15) is 5.10 Å². The summed E-state index contributed by atoms with van der Waals surface area (Å²) in [7, 11) is 0. The number of nitrogens with one attached hydrogen (secondary N) is 1. The van der Waals surface area contributed by atoms with Gasteiger partial charge in [-0.25, -0.2) is 0 Å². The summed E-state index contributed by atoms with van der Waals surface area (Å²) in [5.74, 6) is 0. The SMILES string of the molecule is CCNCc1cc(-c2c(C)nn(CC)c2C)ccc1Cl. The lowest BCUT2D eigenvalue weighted by molar-refractivity contribution is 0.634. The highest BCUT2D eigenvalue weighted by Crippen LogP contribution is 2.30. The summed E-state index contributed by atoms with van der Waals surface area (Å²) in [6.07, 6.45) is 0. The van der Waals surface area contributed by atoms with Crippen LogP contribution in [0.2, 0.25) is 5.02 Å². The maximum Gasteiger partial charge on any atom is 0.0674 e. The molecular weight excluding hydrogens is 270 g/mol. The Balaban J connectivity index is 2.45. The Bertz CT molecular complexity index is 602. The van der Waals surface area contributed by atoms with Crippen LogP contribution in [0.1, 0.15) is 30.8 Å². The minimum atomic E-state index is 0.795. The maximum atomic E-state index is 6.27. The zero-order chi connectivity index (χ0) is 14.7. The number of halogens is 1. The first-order chi connectivity index (χ1) is 9.58. The number of hydrogen-bond acceptors (Lipinski definition) is 2. The summed E-state index contributed by atoms with van der Waals surface area (Å²) in [6, 6.07) is 6.22. The molecule has 20 heavy (non-hydrogen) atoms. The van der Waals surface area contributed by atoms with Crippen molar-refractivity contribution in [3.05, 3.63) is 40.2 Å². The van der Waals surface area contributed by atoms with E-state index in [1.807, 2.05) is 10.7 Å². The predicted octanol–water partition coefficient (Wildman–Crippen LogP) is 3.95. The molecule has 4 heteroatoms. The number of rotatable bonds is 5. The van der Waals surface area contributed by atoms with Crippen LogP contribution in [-0.4, -0.2) is 16.3 Å². The minimum absolute atomic E-state index is 0.795. The molecule has 0 bridgehead atoms. The first-order valence-electron chi connectivity index (χ1n) is 7.12. The van der Waals surface area contributed by atoms with Crippen LogP contribution in [0.5, 0.6) is 0 Å². The fourth-order valence-corrected chi connectivity index (χ4v) is 2.73. The van der Waals surface area contributed by atoms with Gasteiger partial charge < -0.3 is 5.32 Å². The van der Waals surface area contributed by atoms with Crippen LogP contribution in [-0.2, 0) is 13.1 Å². The van der Waals surface area contributed by atoms with Crippen molar-refractivity contribution in [3.8, 4) is 11.1 Å². The van der Waals surface area contributed by atoms with Crippen molar-refractivity contribution in [1.82, 2.24) is 15.1 Å². The van der Waals surface area contributed by atoms with Gasteiger partial charge in [0, 0.05) is 29.4 Å². The second-order valence-electron chi connectivity index (χ2n) is 4.95. The van der Waals surface area contributed by atoms with Crippen LogP contribution in [0.4, 0.5) is 0 Å². The summed E-state index contributed by atoms with van der Waals surface area (Å²) in [4.78, 5) is 0. The van der Waals surface area contributed by atoms with E-state index >= 15 is 0 Å². The average Bonchev–Trinajstić information content (AvgIpc) is 2.73. The molecule has 2 rings (SSSR count). The first-order valence-corrected chi connectivity index (χ1v) is 7.49. The molecule has 0 aliphatic carbocycles. The molecule has 1 aromatic heterocycles. The second-order valence-corrected chi connectivity index (χ2v) is 5.36. The molecule has 1 aromatic carbocycles. The molecule has 2 aromatic rings. The van der Waals surface area contributed by atoms with Crippen LogP contribution < -0.4 is 5.32 Å². The molecule has 0 aliphatic rings. The predicted molar refractivity (Wildman–Crippen MR) is 85.2 cm³/mol. The zero-order valence-electron chi connectivity index (χ0n) is 12.6. The quantitative estimate of drug-likeness (QED) is 0.904. The molecule has 0 amide bonds. The van der Waals surface area contributed by atoms with Crippen LogP contribution in [0, 0.1) is 13.8 Å². The lowest BCUT2D eigenvalue weighted by Gasteiger charge is -2.09. The summed E-state index contributed by atoms with van der Waals surface area (Å²) in [6.45, 7) is 11.0. The second kappa shape index (κ2) is 6.42. The normalized spacial score (nSPS) is 11.1. The number of aromatic nitrogens is 2. The monoisotopic (exact) mass is 291 g/mol. The Hall–Kier alpha value is -1.32. The molecule has 1 heterocycles. The van der Waals surface area contributed by atoms with Gasteiger partial charge in [0.25, 0.3) is 0 Å². The van der Waals surface area contributed by atoms with Crippen molar-refractivity contribution in [2.45, 2.75) is 40.8 Å². The van der Waals surface area contributed by atoms with E-state index in [1.165, 1.54) is 16.8 Å². The van der Waals surface area contributed by atoms with Crippen LogP contribution in [0.15, 0.2) is 18.2 Å². The van der Waals surface area contributed by atoms with Crippen LogP contribution in [0.3, 0.4) is 0 Å². The highest BCUT2D eigenvalue weighted by atomic mass is 35.5. The number of aryl methyl sites for hydroxylation is 2. The number of benzene rings is 1. The third-order valence-electron chi connectivity index (χ3n) is 3.58. The maximum absolute atomic E-state index is 6.27. The molecule has 0 spiro atoms. The Morgan fingerprint density at radius 1 is 1.25 bits per heavy atom. The lowest BCUT2D eigenvalue weighted by atomic mass is 10.0. The van der Waals surface area contributed by atoms with E-state index in [0.29, 0.717) is 0 Å². The Labute approximate surface area is 126 Å². The van der Waals surface area contributed by atoms with E-state index in [1.54, 1.807) is 0 Å². The fourth-order valence-electron chi connectivity index (χ4n) is 2.55. The Morgan fingerprint density at radius 2 is 2.00 bits per heavy atom. The summed E-state index contributed by atoms with van der Waals surface area (Å²) < 4.78 is 2.04. The van der Waals surface area contributed by atoms with Gasteiger partial charge in [0.05, 0.1) is 5.69 Å². The van der Waals surface area contributed by atoms with Crippen molar-refractivity contribution < 1.29 is 0 Å². The van der Waals surface area contributed by atoms with Crippen molar-refractivity contribution in [2.75, 3.05) is 6.54 Å². The molecule has 0 aliphatic heterocycles. The molecule has 0 unspecified atom stereocenters. The van der Waals surface area contributed by atoms with Crippen LogP contribution >= 0.6 is 11.6 Å². The topological polar surface area (TPSA) is 29.9 Å². The molecule has 0 saturated carbocycles. The van der Waals surface area contributed by atoms with Crippen LogP contribution in [0.25, 0.3) is 11.1 Å². The number of nitrogens with zero attached hydrogens (tertiary/aromatic N) is 2. The fraction of sp³-hybridized carbons (Fsp3) is 0.438. The minimum Gasteiger partial charge on any atom is -0.313 e.